The Hall–Kier alpha value is 3.14. The van der Waals surface area contributed by atoms with Gasteiger partial charge in [-0.05, 0) is 0 Å². The van der Waals surface area contributed by atoms with E-state index in [1.165, 1.54) is 17.5 Å². The summed E-state index contributed by atoms with van der Waals surface area (Å²) in [7, 11) is 0. The van der Waals surface area contributed by atoms with Crippen LogP contribution in [0.4, 0.5) is 0 Å². The molecule has 2 unspecified atom stereocenters. The molecule has 21 heavy (non-hydrogen) atoms. The second-order valence-electron chi connectivity index (χ2n) is 6.59. The van der Waals surface area contributed by atoms with Crippen molar-refractivity contribution in [1.82, 2.24) is 0 Å². The summed E-state index contributed by atoms with van der Waals surface area (Å²) in [6, 6.07) is 9.50. The van der Waals surface area contributed by atoms with Crippen LogP contribution in [0.1, 0.15) is 29.0 Å². The van der Waals surface area contributed by atoms with Gasteiger partial charge in [0, 0.05) is 0 Å². The molecule has 0 spiro atoms. The van der Waals surface area contributed by atoms with Crippen molar-refractivity contribution in [3.63, 3.8) is 0 Å². The SMILES string of the molecule is Cc1c(C)[c]([RaH])c(-c2ccccc2C2CC2N)[c]([RaH])[c]1[Rb]. The Morgan fingerprint density at radius 3 is 2.33 bits per heavy atom. The Morgan fingerprint density at radius 2 is 1.71 bits per heavy atom. The Balaban J connectivity index is 2.27. The molecule has 0 saturated heterocycles. The summed E-state index contributed by atoms with van der Waals surface area (Å²) >= 11 is 1.40. The maximum atomic E-state index is 6.14. The molecule has 3 rings (SSSR count). The Kier molecular flexibility index (Phi) is 7.02. The van der Waals surface area contributed by atoms with Crippen molar-refractivity contribution < 1.29 is 85.6 Å². The van der Waals surface area contributed by atoms with E-state index >= 15 is 0 Å². The first kappa shape index (κ1) is 18.9. The summed E-state index contributed by atoms with van der Waals surface area (Å²) in [5.74, 6) is 0.612. The van der Waals surface area contributed by atoms with Crippen molar-refractivity contribution in [2.45, 2.75) is 32.2 Å². The Morgan fingerprint density at radius 1 is 1.10 bits per heavy atom. The van der Waals surface area contributed by atoms with Crippen LogP contribution in [-0.2, 0) is 0 Å². The third-order valence-electron chi connectivity index (χ3n) is 5.47. The zero-order valence-corrected chi connectivity index (χ0v) is 35.1. The van der Waals surface area contributed by atoms with E-state index in [2.05, 4.69) is 38.1 Å². The fraction of sp³-hybridized carbons (Fsp3) is 0.294. The summed E-state index contributed by atoms with van der Waals surface area (Å²) in [6.45, 7) is 4.72. The number of hydrogen-bond acceptors (Lipinski definition) is 1. The Labute approximate surface area is 224 Å². The van der Waals surface area contributed by atoms with Gasteiger partial charge in [0.1, 0.15) is 0 Å². The summed E-state index contributed by atoms with van der Waals surface area (Å²) < 4.78 is 5.30. The zero-order valence-electron chi connectivity index (χ0n) is 13.7. The van der Waals surface area contributed by atoms with Crippen molar-refractivity contribution in [1.29, 1.82) is 0 Å². The van der Waals surface area contributed by atoms with Crippen LogP contribution in [0.15, 0.2) is 24.3 Å². The van der Waals surface area contributed by atoms with Gasteiger partial charge >= 0.3 is 231 Å². The average Bonchev–Trinajstić information content (AvgIpc) is 3.21. The van der Waals surface area contributed by atoms with Crippen molar-refractivity contribution in [2.75, 3.05) is 0 Å². The minimum absolute atomic E-state index is 0.380. The van der Waals surface area contributed by atoms with E-state index in [0.717, 1.165) is 0 Å². The molecule has 1 aliphatic carbocycles. The van der Waals surface area contributed by atoms with Gasteiger partial charge in [-0.1, -0.05) is 0 Å². The molecule has 96 valence electrons. The first-order valence-corrected chi connectivity index (χ1v) is 18.5. The Bertz CT molecular complexity index is 698. The van der Waals surface area contributed by atoms with E-state index in [1.54, 1.807) is 16.5 Å². The van der Waals surface area contributed by atoms with Crippen molar-refractivity contribution in [3.05, 3.63) is 41.0 Å². The van der Waals surface area contributed by atoms with Crippen LogP contribution in [0, 0.1) is 99.4 Å². The summed E-state index contributed by atoms with van der Waals surface area (Å²) in [4.78, 5) is 0. The van der Waals surface area contributed by atoms with E-state index in [-0.39, 0.29) is 0 Å². The molecular formula is C17H18NRa2Rb. The molecule has 0 heterocycles. The molecule has 0 aromatic heterocycles. The average molecular weight is 774 g/mol. The van der Waals surface area contributed by atoms with E-state index < -0.39 is 0 Å². The van der Waals surface area contributed by atoms with Crippen LogP contribution >= 0.6 is 0 Å². The van der Waals surface area contributed by atoms with Crippen molar-refractivity contribution in [2.24, 2.45) is 5.73 Å². The number of rotatable bonds is 2. The molecule has 0 amide bonds. The van der Waals surface area contributed by atoms with Gasteiger partial charge in [-0.2, -0.15) is 0 Å². The molecule has 2 aromatic rings. The second kappa shape index (κ2) is 7.80. The van der Waals surface area contributed by atoms with E-state index in [9.17, 15) is 0 Å². The minimum atomic E-state index is 0.380. The molecule has 0 bridgehead atoms. The molecule has 2 atom stereocenters. The fourth-order valence-electron chi connectivity index (χ4n) is 3.52. The van der Waals surface area contributed by atoms with Crippen molar-refractivity contribution in [3.8, 4) is 11.1 Å². The predicted octanol–water partition coefficient (Wildman–Crippen LogP) is 0.393. The first-order valence-electron chi connectivity index (χ1n) is 7.85. The molecule has 1 fully saturated rings. The third-order valence-corrected chi connectivity index (χ3v) is 29.5. The molecule has 1 saturated carbocycles. The van der Waals surface area contributed by atoms with Crippen LogP contribution in [0.25, 0.3) is 11.1 Å². The molecule has 1 aliphatic rings. The van der Waals surface area contributed by atoms with Gasteiger partial charge in [-0.15, -0.1) is 0 Å². The van der Waals surface area contributed by atoms with Crippen molar-refractivity contribution >= 4 is 55.4 Å². The van der Waals surface area contributed by atoms with Crippen LogP contribution in [0.2, 0.25) is 0 Å². The van der Waals surface area contributed by atoms with E-state index in [4.69, 9.17) is 5.73 Å². The molecule has 0 aliphatic heterocycles. The topological polar surface area (TPSA) is 26.0 Å². The van der Waals surface area contributed by atoms with Gasteiger partial charge in [-0.3, -0.25) is 0 Å². The van der Waals surface area contributed by atoms with E-state index in [0.29, 0.717) is 153 Å². The van der Waals surface area contributed by atoms with Gasteiger partial charge in [0.25, 0.3) is 0 Å². The molecule has 2 aromatic carbocycles. The van der Waals surface area contributed by atoms with Crippen LogP contribution in [0.5, 0.6) is 0 Å². The molecular weight excluding hydrogens is 756 g/mol. The second-order valence-corrected chi connectivity index (χ2v) is 17.3. The van der Waals surface area contributed by atoms with Crippen LogP contribution in [0.3, 0.4) is 0 Å². The first-order chi connectivity index (χ1) is 9.93. The molecule has 0 radical (unpaired) electrons. The quantitative estimate of drug-likeness (QED) is 0.471. The van der Waals surface area contributed by atoms with Crippen LogP contribution < -0.4 is 5.57 Å². The number of hydrogen-bond donors (Lipinski definition) is 1. The van der Waals surface area contributed by atoms with E-state index in [1.807, 2.05) is 0 Å². The van der Waals surface area contributed by atoms with Gasteiger partial charge in [0.15, 0.2) is 0 Å². The standard InChI is InChI=1S/C17H16N.2Ra.Rb.2H/c1-11-7-8-13(9-12(11)2)14-5-3-4-6-15(14)16-10-17(16)18;;;;;/h3-6,16-17H,10,18H2,1-2H3;;;;;. The van der Waals surface area contributed by atoms with Gasteiger partial charge in [0.05, 0.1) is 0 Å². The van der Waals surface area contributed by atoms with Gasteiger partial charge in [0.2, 0.25) is 0 Å². The zero-order chi connectivity index (χ0) is 15.3. The normalized spacial score (nSPS) is 20.5. The molecule has 4 heteroatoms. The van der Waals surface area contributed by atoms with Gasteiger partial charge < -0.3 is 0 Å². The van der Waals surface area contributed by atoms with Gasteiger partial charge in [-0.25, -0.2) is 0 Å². The molecule has 1 nitrogen and oxygen atoms in total. The predicted molar refractivity (Wildman–Crippen MR) is 84.1 cm³/mol. The fourth-order valence-corrected chi connectivity index (χ4v) is 21.9. The summed E-state index contributed by atoms with van der Waals surface area (Å²) in [6.07, 6.45) is 1.17. The maximum absolute atomic E-state index is 6.14. The number of benzene rings is 2. The summed E-state index contributed by atoms with van der Waals surface area (Å²) in [5.41, 5.74) is 14.1. The molecule has 2 N–H and O–H groups in total. The summed E-state index contributed by atoms with van der Waals surface area (Å²) in [5, 5.41) is 0. The monoisotopic (exact) mass is 773 g/mol. The third kappa shape index (κ3) is 3.80. The number of nitrogens with two attached hydrogens (primary N) is 1. The van der Waals surface area contributed by atoms with Crippen LogP contribution in [-0.4, -0.2) is 61.6 Å².